The lowest BCUT2D eigenvalue weighted by atomic mass is 10.2. The molecule has 0 bridgehead atoms. The van der Waals surface area contributed by atoms with Gasteiger partial charge in [-0.2, -0.15) is 0 Å². The number of ether oxygens (including phenoxy) is 4. The standard InChI is InChI=1S/C11H13IO5/c1-14-6-16-10-3-8(5-13)9(12)4-11(10)17-7-15-2/h3-5H,6-7H2,1-2H3. The zero-order valence-electron chi connectivity index (χ0n) is 9.57. The van der Waals surface area contributed by atoms with Gasteiger partial charge in [0.1, 0.15) is 0 Å². The van der Waals surface area contributed by atoms with E-state index in [0.717, 1.165) is 9.86 Å². The largest absolute Gasteiger partial charge is 0.464 e. The van der Waals surface area contributed by atoms with Gasteiger partial charge in [-0.05, 0) is 34.7 Å². The van der Waals surface area contributed by atoms with E-state index in [2.05, 4.69) is 22.6 Å². The first kappa shape index (κ1) is 14.2. The molecule has 0 fully saturated rings. The first-order chi connectivity index (χ1) is 8.22. The van der Waals surface area contributed by atoms with E-state index >= 15 is 0 Å². The molecular weight excluding hydrogens is 339 g/mol. The second kappa shape index (κ2) is 7.46. The van der Waals surface area contributed by atoms with Crippen molar-refractivity contribution in [3.8, 4) is 11.5 Å². The summed E-state index contributed by atoms with van der Waals surface area (Å²) in [6, 6.07) is 3.33. The molecule has 5 nitrogen and oxygen atoms in total. The van der Waals surface area contributed by atoms with Gasteiger partial charge in [-0.1, -0.05) is 0 Å². The molecule has 0 aliphatic rings. The number of hydrogen-bond acceptors (Lipinski definition) is 5. The van der Waals surface area contributed by atoms with Crippen molar-refractivity contribution < 1.29 is 23.7 Å². The van der Waals surface area contributed by atoms with Crippen LogP contribution in [-0.4, -0.2) is 34.1 Å². The number of carbonyl (C=O) groups is 1. The molecule has 0 aliphatic heterocycles. The third-order valence-corrected chi connectivity index (χ3v) is 2.79. The Morgan fingerprint density at radius 1 is 1.12 bits per heavy atom. The molecule has 0 aromatic heterocycles. The zero-order chi connectivity index (χ0) is 12.7. The van der Waals surface area contributed by atoms with Crippen LogP contribution in [0, 0.1) is 3.57 Å². The van der Waals surface area contributed by atoms with Crippen molar-refractivity contribution in [2.45, 2.75) is 0 Å². The van der Waals surface area contributed by atoms with Crippen molar-refractivity contribution >= 4 is 28.9 Å². The van der Waals surface area contributed by atoms with Crippen LogP contribution in [0.25, 0.3) is 0 Å². The third-order valence-electron chi connectivity index (χ3n) is 1.85. The van der Waals surface area contributed by atoms with Gasteiger partial charge in [-0.15, -0.1) is 0 Å². The predicted molar refractivity (Wildman–Crippen MR) is 69.6 cm³/mol. The van der Waals surface area contributed by atoms with Gasteiger partial charge in [0, 0.05) is 23.4 Å². The third kappa shape index (κ3) is 4.14. The maximum absolute atomic E-state index is 10.8. The number of hydrogen-bond donors (Lipinski definition) is 0. The second-order valence-electron chi connectivity index (χ2n) is 3.04. The van der Waals surface area contributed by atoms with Gasteiger partial charge in [0.2, 0.25) is 0 Å². The van der Waals surface area contributed by atoms with E-state index in [1.54, 1.807) is 12.1 Å². The Bertz CT molecular complexity index is 380. The lowest BCUT2D eigenvalue weighted by Crippen LogP contribution is -2.05. The highest BCUT2D eigenvalue weighted by molar-refractivity contribution is 14.1. The van der Waals surface area contributed by atoms with Gasteiger partial charge in [-0.3, -0.25) is 4.79 Å². The lowest BCUT2D eigenvalue weighted by Gasteiger charge is -2.13. The highest BCUT2D eigenvalue weighted by Crippen LogP contribution is 2.31. The summed E-state index contributed by atoms with van der Waals surface area (Å²) in [5.74, 6) is 0.963. The molecule has 0 saturated heterocycles. The van der Waals surface area contributed by atoms with Crippen LogP contribution in [0.15, 0.2) is 12.1 Å². The van der Waals surface area contributed by atoms with E-state index in [-0.39, 0.29) is 13.6 Å². The molecular formula is C11H13IO5. The van der Waals surface area contributed by atoms with Gasteiger partial charge in [0.25, 0.3) is 0 Å². The van der Waals surface area contributed by atoms with Crippen LogP contribution in [0.4, 0.5) is 0 Å². The second-order valence-corrected chi connectivity index (χ2v) is 4.20. The van der Waals surface area contributed by atoms with Crippen LogP contribution in [0.5, 0.6) is 11.5 Å². The number of methoxy groups -OCH3 is 2. The highest BCUT2D eigenvalue weighted by atomic mass is 127. The molecule has 0 amide bonds. The van der Waals surface area contributed by atoms with Gasteiger partial charge >= 0.3 is 0 Å². The molecule has 0 radical (unpaired) electrons. The minimum absolute atomic E-state index is 0.0855. The number of carbonyl (C=O) groups excluding carboxylic acids is 1. The van der Waals surface area contributed by atoms with Crippen molar-refractivity contribution in [1.82, 2.24) is 0 Å². The SMILES string of the molecule is COCOc1cc(I)c(C=O)cc1OCOC. The highest BCUT2D eigenvalue weighted by Gasteiger charge is 2.10. The van der Waals surface area contributed by atoms with Crippen LogP contribution in [0.2, 0.25) is 0 Å². The fourth-order valence-electron chi connectivity index (χ4n) is 1.11. The number of halogens is 1. The van der Waals surface area contributed by atoms with Crippen LogP contribution >= 0.6 is 22.6 Å². The Kier molecular flexibility index (Phi) is 6.23. The Morgan fingerprint density at radius 2 is 1.65 bits per heavy atom. The van der Waals surface area contributed by atoms with Crippen LogP contribution in [0.1, 0.15) is 10.4 Å². The average Bonchev–Trinajstić information content (AvgIpc) is 2.34. The Balaban J connectivity index is 2.97. The molecule has 0 unspecified atom stereocenters. The molecule has 6 heteroatoms. The summed E-state index contributed by atoms with van der Waals surface area (Å²) in [6.07, 6.45) is 0.765. The first-order valence-electron chi connectivity index (χ1n) is 4.75. The smallest absolute Gasteiger partial charge is 0.188 e. The summed E-state index contributed by atoms with van der Waals surface area (Å²) < 4.78 is 21.1. The van der Waals surface area contributed by atoms with Crippen molar-refractivity contribution in [2.24, 2.45) is 0 Å². The van der Waals surface area contributed by atoms with Crippen molar-refractivity contribution in [3.05, 3.63) is 21.3 Å². The Morgan fingerprint density at radius 3 is 2.12 bits per heavy atom. The predicted octanol–water partition coefficient (Wildman–Crippen LogP) is 2.07. The van der Waals surface area contributed by atoms with E-state index in [0.29, 0.717) is 17.1 Å². The van der Waals surface area contributed by atoms with Gasteiger partial charge in [0.15, 0.2) is 31.4 Å². The topological polar surface area (TPSA) is 54.0 Å². The summed E-state index contributed by atoms with van der Waals surface area (Å²) in [7, 11) is 3.05. The Labute approximate surface area is 113 Å². The van der Waals surface area contributed by atoms with Gasteiger partial charge in [0.05, 0.1) is 0 Å². The minimum atomic E-state index is 0.0855. The molecule has 0 N–H and O–H groups in total. The number of benzene rings is 1. The fraction of sp³-hybridized carbons (Fsp3) is 0.364. The van der Waals surface area contributed by atoms with Crippen LogP contribution < -0.4 is 9.47 Å². The van der Waals surface area contributed by atoms with Crippen LogP contribution in [0.3, 0.4) is 0 Å². The molecule has 1 aromatic carbocycles. The Hall–Kier alpha value is -0.860. The maximum Gasteiger partial charge on any atom is 0.188 e. The molecule has 94 valence electrons. The molecule has 17 heavy (non-hydrogen) atoms. The lowest BCUT2D eigenvalue weighted by molar-refractivity contribution is 0.0322. The summed E-state index contributed by atoms with van der Waals surface area (Å²) >= 11 is 2.05. The van der Waals surface area contributed by atoms with Gasteiger partial charge in [-0.25, -0.2) is 0 Å². The van der Waals surface area contributed by atoms with E-state index in [9.17, 15) is 4.79 Å². The van der Waals surface area contributed by atoms with Crippen molar-refractivity contribution in [2.75, 3.05) is 27.8 Å². The van der Waals surface area contributed by atoms with E-state index < -0.39 is 0 Å². The van der Waals surface area contributed by atoms with E-state index in [4.69, 9.17) is 18.9 Å². The molecule has 1 rings (SSSR count). The molecule has 0 saturated carbocycles. The molecule has 0 atom stereocenters. The summed E-state index contributed by atoms with van der Waals surface area (Å²) in [5.41, 5.74) is 0.543. The minimum Gasteiger partial charge on any atom is -0.464 e. The molecule has 0 aliphatic carbocycles. The quantitative estimate of drug-likeness (QED) is 0.427. The first-order valence-corrected chi connectivity index (χ1v) is 5.83. The molecule has 1 aromatic rings. The summed E-state index contributed by atoms with van der Waals surface area (Å²) in [6.45, 7) is 0.197. The number of aldehydes is 1. The molecule has 0 spiro atoms. The normalized spacial score (nSPS) is 10.1. The van der Waals surface area contributed by atoms with Crippen molar-refractivity contribution in [1.29, 1.82) is 0 Å². The summed E-state index contributed by atoms with van der Waals surface area (Å²) in [5, 5.41) is 0. The van der Waals surface area contributed by atoms with Crippen LogP contribution in [-0.2, 0) is 9.47 Å². The maximum atomic E-state index is 10.8. The van der Waals surface area contributed by atoms with Crippen molar-refractivity contribution in [3.63, 3.8) is 0 Å². The zero-order valence-corrected chi connectivity index (χ0v) is 11.7. The van der Waals surface area contributed by atoms with E-state index in [1.165, 1.54) is 14.2 Å². The molecule has 0 heterocycles. The monoisotopic (exact) mass is 352 g/mol. The summed E-state index contributed by atoms with van der Waals surface area (Å²) in [4.78, 5) is 10.8. The average molecular weight is 352 g/mol. The van der Waals surface area contributed by atoms with Gasteiger partial charge < -0.3 is 18.9 Å². The number of rotatable bonds is 7. The van der Waals surface area contributed by atoms with E-state index in [1.807, 2.05) is 0 Å². The fourth-order valence-corrected chi connectivity index (χ4v) is 1.68.